The van der Waals surface area contributed by atoms with E-state index >= 15 is 0 Å². The molecule has 11 heteroatoms. The second-order valence-corrected chi connectivity index (χ2v) is 23.0. The van der Waals surface area contributed by atoms with Crippen LogP contribution in [-0.2, 0) is 35.3 Å². The Kier molecular flexibility index (Phi) is 13.2. The van der Waals surface area contributed by atoms with Gasteiger partial charge in [-0.2, -0.15) is 0 Å². The maximum absolute atomic E-state index is 14.1. The van der Waals surface area contributed by atoms with Crippen molar-refractivity contribution in [3.8, 4) is 0 Å². The fourth-order valence-electron chi connectivity index (χ4n) is 5.69. The second-order valence-electron chi connectivity index (χ2n) is 11.9. The Morgan fingerprint density at radius 1 is 0.478 bits per heavy atom. The summed E-state index contributed by atoms with van der Waals surface area (Å²) in [5.74, 6) is 0. The molecule has 5 rings (SSSR count). The Hall–Kier alpha value is -2.17. The van der Waals surface area contributed by atoms with Crippen LogP contribution in [0.25, 0.3) is 0 Å². The van der Waals surface area contributed by atoms with Crippen LogP contribution in [0.1, 0.15) is 22.3 Å². The molecule has 0 saturated carbocycles. The zero-order valence-corrected chi connectivity index (χ0v) is 30.0. The van der Waals surface area contributed by atoms with Crippen molar-refractivity contribution >= 4 is 12.4 Å². The average molecular weight is 774 g/mol. The number of halogens is 1. The minimum atomic E-state index is -3.63. The summed E-state index contributed by atoms with van der Waals surface area (Å²) in [4.78, 5) is 29.3. The first-order valence-electron chi connectivity index (χ1n) is 15.6. The van der Waals surface area contributed by atoms with E-state index in [2.05, 4.69) is 8.01 Å². The molecule has 0 aliphatic carbocycles. The van der Waals surface area contributed by atoms with Crippen molar-refractivity contribution in [1.29, 1.82) is 0 Å². The number of hydrogen-bond donors (Lipinski definition) is 2. The van der Waals surface area contributed by atoms with Crippen molar-refractivity contribution in [2.24, 2.45) is 0 Å². The third-order valence-corrected chi connectivity index (χ3v) is 16.3. The normalized spacial score (nSPS) is 23.7. The van der Waals surface area contributed by atoms with Gasteiger partial charge in [0, 0.05) is 0 Å². The first kappa shape index (κ1) is 35.1. The van der Waals surface area contributed by atoms with E-state index in [1.807, 2.05) is 131 Å². The van der Waals surface area contributed by atoms with E-state index in [1.165, 1.54) is 0 Å². The van der Waals surface area contributed by atoms with E-state index in [0.717, 1.165) is 22.3 Å². The molecule has 0 radical (unpaired) electrons. The van der Waals surface area contributed by atoms with Crippen molar-refractivity contribution < 1.29 is 39.8 Å². The first-order valence-corrected chi connectivity index (χ1v) is 23.2. The van der Waals surface area contributed by atoms with Crippen LogP contribution in [0, 0.1) is 0 Å². The van der Waals surface area contributed by atoms with Crippen LogP contribution >= 0.6 is 12.4 Å². The average Bonchev–Trinajstić information content (AvgIpc) is 3.03. The van der Waals surface area contributed by atoms with Crippen LogP contribution in [0.4, 0.5) is 0 Å². The SMILES string of the molecule is O=P1(O)CN(Cc2ccccc2)CCN(Cc2ccccc2)CP(=O)(O)[I-]N(Cc2ccccc2)CCN(Cc2ccccc2)C1. The molecule has 0 bridgehead atoms. The molecule has 8 nitrogen and oxygen atoms in total. The zero-order chi connectivity index (χ0) is 32.2. The minimum absolute atomic E-state index is 0.0454. The summed E-state index contributed by atoms with van der Waals surface area (Å²) in [6.07, 6.45) is 0.184. The Morgan fingerprint density at radius 3 is 1.20 bits per heavy atom. The first-order chi connectivity index (χ1) is 22.2. The van der Waals surface area contributed by atoms with Gasteiger partial charge in [0.25, 0.3) is 0 Å². The molecule has 2 N–H and O–H groups in total. The van der Waals surface area contributed by atoms with Gasteiger partial charge in [0.2, 0.25) is 0 Å². The van der Waals surface area contributed by atoms with Crippen LogP contribution in [-0.4, -0.2) is 72.6 Å². The van der Waals surface area contributed by atoms with Crippen LogP contribution in [0.5, 0.6) is 0 Å². The van der Waals surface area contributed by atoms with E-state index in [4.69, 9.17) is 0 Å². The molecule has 4 aromatic rings. The molecular formula is C35H44IN4O4P2-. The molecule has 246 valence electrons. The number of benzene rings is 4. The summed E-state index contributed by atoms with van der Waals surface area (Å²) in [6.45, 7) is 4.21. The van der Waals surface area contributed by atoms with Crippen LogP contribution < -0.4 is 20.9 Å². The van der Waals surface area contributed by atoms with Gasteiger partial charge in [0.15, 0.2) is 0 Å². The Labute approximate surface area is 283 Å². The van der Waals surface area contributed by atoms with Gasteiger partial charge in [0.05, 0.1) is 0 Å². The Bertz CT molecular complexity index is 1340. The fourth-order valence-corrected chi connectivity index (χ4v) is 15.0. The summed E-state index contributed by atoms with van der Waals surface area (Å²) in [5.41, 5.74) is 4.29. The predicted molar refractivity (Wildman–Crippen MR) is 182 cm³/mol. The molecule has 1 aliphatic rings. The van der Waals surface area contributed by atoms with Gasteiger partial charge < -0.3 is 0 Å². The molecule has 0 amide bonds. The Morgan fingerprint density at radius 2 is 0.804 bits per heavy atom. The van der Waals surface area contributed by atoms with Crippen molar-refractivity contribution in [2.75, 3.05) is 45.0 Å². The van der Waals surface area contributed by atoms with Crippen molar-refractivity contribution in [3.63, 3.8) is 0 Å². The Balaban J connectivity index is 1.44. The topological polar surface area (TPSA) is 87.6 Å². The third-order valence-electron chi connectivity index (χ3n) is 7.78. The van der Waals surface area contributed by atoms with Gasteiger partial charge in [-0.25, -0.2) is 0 Å². The molecule has 1 fully saturated rings. The monoisotopic (exact) mass is 773 g/mol. The molecule has 46 heavy (non-hydrogen) atoms. The molecule has 4 aromatic carbocycles. The van der Waals surface area contributed by atoms with E-state index in [9.17, 15) is 18.9 Å². The fraction of sp³-hybridized carbons (Fsp3) is 0.314. The molecule has 1 aliphatic heterocycles. The third kappa shape index (κ3) is 12.1. The van der Waals surface area contributed by atoms with E-state index in [1.54, 1.807) is 0 Å². The molecule has 1 saturated heterocycles. The summed E-state index contributed by atoms with van der Waals surface area (Å²) >= 11 is -1.26. The molecule has 2 atom stereocenters. The van der Waals surface area contributed by atoms with Crippen LogP contribution in [0.2, 0.25) is 0 Å². The standard InChI is InChI=1S/C35H44IN4O4P2/c41-45(42)29-37(25-32-13-5-1-6-14-32)21-22-39(27-34-17-9-3-10-18-34)31-46(43,44)36-40(28-35-19-11-4-12-20-35)24-23-38(30-45)26-33-15-7-2-8-16-33/h1-20H,21-31H2,(H,41,42)(H,43,44)/q-1. The van der Waals surface area contributed by atoms with Crippen LogP contribution in [0.15, 0.2) is 121 Å². The van der Waals surface area contributed by atoms with E-state index in [-0.39, 0.29) is 18.9 Å². The summed E-state index contributed by atoms with van der Waals surface area (Å²) in [6, 6.07) is 40.1. The van der Waals surface area contributed by atoms with E-state index < -0.39 is 33.3 Å². The predicted octanol–water partition coefficient (Wildman–Crippen LogP) is 3.34. The summed E-state index contributed by atoms with van der Waals surface area (Å²) in [7, 11) is -3.63. The second kappa shape index (κ2) is 17.3. The van der Waals surface area contributed by atoms with Gasteiger partial charge in [0.1, 0.15) is 0 Å². The maximum atomic E-state index is 14.1. The molecule has 1 heterocycles. The van der Waals surface area contributed by atoms with Gasteiger partial charge in [-0.05, 0) is 0 Å². The van der Waals surface area contributed by atoms with Gasteiger partial charge in [-0.15, -0.1) is 0 Å². The summed E-state index contributed by atoms with van der Waals surface area (Å²) in [5, 5.41) is -3.53. The summed E-state index contributed by atoms with van der Waals surface area (Å²) < 4.78 is 30.3. The van der Waals surface area contributed by atoms with Gasteiger partial charge >= 0.3 is 285 Å². The van der Waals surface area contributed by atoms with E-state index in [0.29, 0.717) is 52.4 Å². The molecule has 0 spiro atoms. The van der Waals surface area contributed by atoms with Crippen molar-refractivity contribution in [2.45, 2.75) is 26.2 Å². The molecule has 2 unspecified atom stereocenters. The molecule has 0 aromatic heterocycles. The number of rotatable bonds is 8. The van der Waals surface area contributed by atoms with Gasteiger partial charge in [-0.3, -0.25) is 0 Å². The number of nitrogens with zero attached hydrogens (tertiary/aromatic N) is 4. The number of hydrogen-bond acceptors (Lipinski definition) is 6. The van der Waals surface area contributed by atoms with Crippen molar-refractivity contribution in [3.05, 3.63) is 144 Å². The van der Waals surface area contributed by atoms with Gasteiger partial charge in [-0.1, -0.05) is 0 Å². The quantitative estimate of drug-likeness (QED) is 0.161. The van der Waals surface area contributed by atoms with Crippen LogP contribution in [0.3, 0.4) is 0 Å². The zero-order valence-electron chi connectivity index (χ0n) is 26.1. The molecular weight excluding hydrogens is 729 g/mol. The van der Waals surface area contributed by atoms with Crippen molar-refractivity contribution in [1.82, 2.24) is 17.8 Å².